The van der Waals surface area contributed by atoms with Gasteiger partial charge in [0.1, 0.15) is 23.4 Å². The Balaban J connectivity index is 1.20. The minimum absolute atomic E-state index is 0.157. The molecular formula is C34H36FN5O4. The Bertz CT molecular complexity index is 1810. The molecule has 3 aliphatic rings. The normalized spacial score (nSPS) is 16.9. The number of rotatable bonds is 7. The largest absolute Gasteiger partial charge is 0.486 e. The maximum Gasteiger partial charge on any atom is 0.274 e. The lowest BCUT2D eigenvalue weighted by atomic mass is 9.96. The van der Waals surface area contributed by atoms with E-state index in [1.807, 2.05) is 25.2 Å². The smallest absolute Gasteiger partial charge is 0.274 e. The maximum absolute atomic E-state index is 15.3. The van der Waals surface area contributed by atoms with Gasteiger partial charge in [-0.3, -0.25) is 19.5 Å². The summed E-state index contributed by atoms with van der Waals surface area (Å²) in [6.45, 7) is 2.35. The third-order valence-corrected chi connectivity index (χ3v) is 9.13. The van der Waals surface area contributed by atoms with Crippen LogP contribution in [0.15, 0.2) is 53.6 Å². The van der Waals surface area contributed by atoms with Crippen molar-refractivity contribution in [3.8, 4) is 16.9 Å². The van der Waals surface area contributed by atoms with E-state index in [9.17, 15) is 14.7 Å². The number of anilines is 1. The van der Waals surface area contributed by atoms with Gasteiger partial charge in [0.05, 0.1) is 18.5 Å². The fraction of sp³-hybridized carbons (Fsp3) is 0.382. The third kappa shape index (κ3) is 5.11. The molecule has 5 heterocycles. The summed E-state index contributed by atoms with van der Waals surface area (Å²) in [7, 11) is 3.69. The fourth-order valence-electron chi connectivity index (χ4n) is 6.90. The van der Waals surface area contributed by atoms with Crippen LogP contribution >= 0.6 is 0 Å². The van der Waals surface area contributed by atoms with Gasteiger partial charge in [0.25, 0.3) is 11.5 Å². The minimum atomic E-state index is -0.523. The van der Waals surface area contributed by atoms with Crippen molar-refractivity contribution in [3.63, 3.8) is 0 Å². The third-order valence-electron chi connectivity index (χ3n) is 9.13. The molecule has 1 N–H and O–H groups in total. The predicted molar refractivity (Wildman–Crippen MR) is 165 cm³/mol. The molecule has 1 saturated heterocycles. The van der Waals surface area contributed by atoms with Crippen molar-refractivity contribution in [2.24, 2.45) is 7.05 Å². The highest BCUT2D eigenvalue weighted by Gasteiger charge is 2.32. The molecule has 1 aliphatic carbocycles. The summed E-state index contributed by atoms with van der Waals surface area (Å²) in [5, 5.41) is 10.6. The maximum atomic E-state index is 15.3. The monoisotopic (exact) mass is 597 g/mol. The van der Waals surface area contributed by atoms with E-state index in [-0.39, 0.29) is 24.0 Å². The number of aromatic nitrogens is 3. The van der Waals surface area contributed by atoms with E-state index in [2.05, 4.69) is 14.5 Å². The zero-order valence-corrected chi connectivity index (χ0v) is 25.1. The van der Waals surface area contributed by atoms with Crippen molar-refractivity contribution in [1.29, 1.82) is 0 Å². The standard InChI is InChI=1S/C34H36FN5O4/c1-37-18-27(19-37)44-26-8-7-25(36-16-26)12-22-11-23(17-38(2)33(22)42)28-14-24(35)15-31(29(28)20-41)40-10-9-39-30-6-4-3-5-21(30)13-32(39)34(40)43/h7-8,11,13-17,27,41H,3-6,9-10,12,18-20H2,1-2H3. The van der Waals surface area contributed by atoms with E-state index in [0.29, 0.717) is 58.2 Å². The van der Waals surface area contributed by atoms with Gasteiger partial charge in [-0.15, -0.1) is 0 Å². The Morgan fingerprint density at radius 1 is 1.05 bits per heavy atom. The SMILES string of the molecule is CN1CC(Oc2ccc(Cc3cc(-c4cc(F)cc(N5CCn6c(cc7c6CCCC7)C5=O)c4CO)cn(C)c3=O)nc2)C1. The number of aliphatic hydroxyl groups excluding tert-OH is 1. The van der Waals surface area contributed by atoms with Crippen LogP contribution in [0.4, 0.5) is 10.1 Å². The minimum Gasteiger partial charge on any atom is -0.486 e. The number of carbonyl (C=O) groups is 1. The number of hydrogen-bond acceptors (Lipinski definition) is 6. The van der Waals surface area contributed by atoms with Crippen molar-refractivity contribution in [1.82, 2.24) is 19.0 Å². The number of benzene rings is 1. The van der Waals surface area contributed by atoms with Crippen molar-refractivity contribution in [2.45, 2.75) is 51.4 Å². The summed E-state index contributed by atoms with van der Waals surface area (Å²) in [5.74, 6) is -0.0282. The van der Waals surface area contributed by atoms with Crippen molar-refractivity contribution < 1.29 is 19.0 Å². The van der Waals surface area contributed by atoms with Crippen molar-refractivity contribution in [2.75, 3.05) is 31.6 Å². The fourth-order valence-corrected chi connectivity index (χ4v) is 6.90. The average Bonchev–Trinajstić information content (AvgIpc) is 3.39. The lowest BCUT2D eigenvalue weighted by Gasteiger charge is -2.35. The Morgan fingerprint density at radius 3 is 2.61 bits per heavy atom. The number of hydrogen-bond donors (Lipinski definition) is 1. The van der Waals surface area contributed by atoms with E-state index in [4.69, 9.17) is 4.74 Å². The van der Waals surface area contributed by atoms with Crippen molar-refractivity contribution >= 4 is 11.6 Å². The van der Waals surface area contributed by atoms with Crippen LogP contribution in [-0.2, 0) is 39.5 Å². The van der Waals surface area contributed by atoms with Crippen molar-refractivity contribution in [3.05, 3.63) is 98.7 Å². The summed E-state index contributed by atoms with van der Waals surface area (Å²) in [4.78, 5) is 35.2. The van der Waals surface area contributed by atoms with Gasteiger partial charge in [0.2, 0.25) is 0 Å². The topological polar surface area (TPSA) is 92.8 Å². The molecule has 228 valence electrons. The Hall–Kier alpha value is -4.28. The zero-order valence-electron chi connectivity index (χ0n) is 25.1. The Kier molecular flexibility index (Phi) is 7.34. The molecule has 4 aromatic rings. The second-order valence-electron chi connectivity index (χ2n) is 12.2. The van der Waals surface area contributed by atoms with Crippen LogP contribution < -0.4 is 15.2 Å². The highest BCUT2D eigenvalue weighted by Crippen LogP contribution is 2.36. The van der Waals surface area contributed by atoms with E-state index < -0.39 is 12.4 Å². The lowest BCUT2D eigenvalue weighted by molar-refractivity contribution is 0.0385. The number of amides is 1. The van der Waals surface area contributed by atoms with E-state index in [1.165, 1.54) is 28.0 Å². The molecule has 1 fully saturated rings. The molecule has 1 amide bonds. The molecule has 10 heteroatoms. The number of halogens is 1. The first-order valence-corrected chi connectivity index (χ1v) is 15.3. The number of carbonyl (C=O) groups excluding carboxylic acids is 1. The number of ether oxygens (including phenoxy) is 1. The molecule has 44 heavy (non-hydrogen) atoms. The lowest BCUT2D eigenvalue weighted by Crippen LogP contribution is -2.51. The second kappa shape index (κ2) is 11.3. The average molecular weight is 598 g/mol. The molecule has 0 radical (unpaired) electrons. The van der Waals surface area contributed by atoms with E-state index in [0.717, 1.165) is 38.8 Å². The zero-order chi connectivity index (χ0) is 30.5. The van der Waals surface area contributed by atoms with Gasteiger partial charge in [-0.1, -0.05) is 0 Å². The first-order chi connectivity index (χ1) is 21.3. The highest BCUT2D eigenvalue weighted by atomic mass is 19.1. The number of fused-ring (bicyclic) bond motifs is 3. The van der Waals surface area contributed by atoms with Crippen LogP contribution in [0.1, 0.15) is 51.4 Å². The quantitative estimate of drug-likeness (QED) is 0.349. The van der Waals surface area contributed by atoms with E-state index in [1.54, 1.807) is 30.4 Å². The van der Waals surface area contributed by atoms with Gasteiger partial charge in [-0.25, -0.2) is 4.39 Å². The van der Waals surface area contributed by atoms with Crippen LogP contribution in [0, 0.1) is 5.82 Å². The molecule has 9 nitrogen and oxygen atoms in total. The predicted octanol–water partition coefficient (Wildman–Crippen LogP) is 3.70. The molecule has 3 aromatic heterocycles. The van der Waals surface area contributed by atoms with Crippen LogP contribution in [-0.4, -0.2) is 62.8 Å². The molecule has 0 spiro atoms. The number of nitrogens with zero attached hydrogens (tertiary/aromatic N) is 5. The molecule has 1 aromatic carbocycles. The van der Waals surface area contributed by atoms with E-state index >= 15 is 4.39 Å². The highest BCUT2D eigenvalue weighted by molar-refractivity contribution is 6.07. The molecule has 2 aliphatic heterocycles. The molecule has 0 unspecified atom stereocenters. The number of aliphatic hydroxyl groups is 1. The van der Waals surface area contributed by atoms with Crippen LogP contribution in [0.3, 0.4) is 0 Å². The number of aryl methyl sites for hydroxylation is 2. The van der Waals surface area contributed by atoms with Crippen LogP contribution in [0.5, 0.6) is 5.75 Å². The summed E-state index contributed by atoms with van der Waals surface area (Å²) in [5.41, 5.74) is 5.88. The van der Waals surface area contributed by atoms with Crippen LogP contribution in [0.25, 0.3) is 11.1 Å². The summed E-state index contributed by atoms with van der Waals surface area (Å²) in [6.07, 6.45) is 7.91. The summed E-state index contributed by atoms with van der Waals surface area (Å²) in [6, 6.07) is 10.1. The summed E-state index contributed by atoms with van der Waals surface area (Å²) < 4.78 is 24.8. The molecule has 7 rings (SSSR count). The number of likely N-dealkylation sites (N-methyl/N-ethyl adjacent to an activating group) is 1. The number of pyridine rings is 2. The van der Waals surface area contributed by atoms with Gasteiger partial charge < -0.3 is 23.9 Å². The Labute approximate surface area is 255 Å². The Morgan fingerprint density at radius 2 is 1.86 bits per heavy atom. The second-order valence-corrected chi connectivity index (χ2v) is 12.2. The molecule has 0 saturated carbocycles. The first kappa shape index (κ1) is 28.5. The first-order valence-electron chi connectivity index (χ1n) is 15.3. The van der Waals surface area contributed by atoms with Gasteiger partial charge >= 0.3 is 0 Å². The van der Waals surface area contributed by atoms with Gasteiger partial charge in [0, 0.05) is 68.4 Å². The summed E-state index contributed by atoms with van der Waals surface area (Å²) >= 11 is 0. The van der Waals surface area contributed by atoms with Crippen LogP contribution in [0.2, 0.25) is 0 Å². The molecule has 0 atom stereocenters. The van der Waals surface area contributed by atoms with Gasteiger partial charge in [0.15, 0.2) is 0 Å². The molecular weight excluding hydrogens is 561 g/mol. The number of likely N-dealkylation sites (tertiary alicyclic amines) is 1. The molecule has 0 bridgehead atoms. The van der Waals surface area contributed by atoms with Gasteiger partial charge in [-0.2, -0.15) is 0 Å². The van der Waals surface area contributed by atoms with Gasteiger partial charge in [-0.05, 0) is 85.8 Å².